The Morgan fingerprint density at radius 2 is 1.91 bits per heavy atom. The van der Waals surface area contributed by atoms with Gasteiger partial charge in [-0.15, -0.1) is 0 Å². The molecule has 1 aliphatic rings. The third kappa shape index (κ3) is 3.83. The van der Waals surface area contributed by atoms with Crippen molar-refractivity contribution in [3.05, 3.63) is 52.9 Å². The molecule has 5 heteroatoms. The molecule has 1 aromatic heterocycles. The number of halogens is 1. The molecule has 3 rings (SSSR count). The van der Waals surface area contributed by atoms with E-state index in [0.29, 0.717) is 22.3 Å². The molecule has 0 spiro atoms. The fourth-order valence-electron chi connectivity index (χ4n) is 2.59. The highest BCUT2D eigenvalue weighted by atomic mass is 35.5. The average molecular weight is 320 g/mol. The lowest BCUT2D eigenvalue weighted by atomic mass is 10.2. The second-order valence-electron chi connectivity index (χ2n) is 5.46. The van der Waals surface area contributed by atoms with Crippen LogP contribution in [-0.4, -0.2) is 11.9 Å². The molecule has 0 atom stereocenters. The van der Waals surface area contributed by atoms with Crippen LogP contribution in [0.3, 0.4) is 0 Å². The second-order valence-corrected chi connectivity index (χ2v) is 5.90. The van der Waals surface area contributed by atoms with Gasteiger partial charge in [0.25, 0.3) is 5.91 Å². The van der Waals surface area contributed by atoms with Crippen molar-refractivity contribution in [3.8, 4) is 5.75 Å². The molecular weight excluding hydrogens is 302 g/mol. The third-order valence-electron chi connectivity index (χ3n) is 3.77. The predicted octanol–water partition coefficient (Wildman–Crippen LogP) is 4.18. The van der Waals surface area contributed by atoms with Gasteiger partial charge in [-0.25, -0.2) is 0 Å². The molecule has 1 aliphatic carbocycles. The summed E-state index contributed by atoms with van der Waals surface area (Å²) in [6.07, 6.45) is 4.48. The summed E-state index contributed by atoms with van der Waals surface area (Å²) in [5.74, 6) is 1.51. The summed E-state index contributed by atoms with van der Waals surface area (Å²) in [5, 5.41) is 3.66. The van der Waals surface area contributed by atoms with Gasteiger partial charge in [0.15, 0.2) is 5.76 Å². The Morgan fingerprint density at radius 1 is 1.18 bits per heavy atom. The first-order valence-electron chi connectivity index (χ1n) is 7.48. The Morgan fingerprint density at radius 3 is 2.64 bits per heavy atom. The van der Waals surface area contributed by atoms with Crippen LogP contribution in [0.2, 0.25) is 5.02 Å². The number of amides is 1. The molecular formula is C17H18ClNO3. The van der Waals surface area contributed by atoms with Gasteiger partial charge < -0.3 is 14.5 Å². The minimum Gasteiger partial charge on any atom is -0.486 e. The highest BCUT2D eigenvalue weighted by molar-refractivity contribution is 6.30. The maximum atomic E-state index is 12.1. The normalized spacial score (nSPS) is 15.0. The van der Waals surface area contributed by atoms with E-state index in [9.17, 15) is 4.79 Å². The van der Waals surface area contributed by atoms with Crippen LogP contribution in [0, 0.1) is 0 Å². The van der Waals surface area contributed by atoms with Crippen LogP contribution in [0.25, 0.3) is 0 Å². The van der Waals surface area contributed by atoms with Gasteiger partial charge in [0, 0.05) is 11.1 Å². The SMILES string of the molecule is O=C(NC1CCCC1)c1ccc(COc2ccc(Cl)cc2)o1. The van der Waals surface area contributed by atoms with Gasteiger partial charge in [0.1, 0.15) is 18.1 Å². The van der Waals surface area contributed by atoms with Gasteiger partial charge in [-0.2, -0.15) is 0 Å². The number of hydrogen-bond acceptors (Lipinski definition) is 3. The Balaban J connectivity index is 1.54. The number of carbonyl (C=O) groups is 1. The first-order chi connectivity index (χ1) is 10.7. The summed E-state index contributed by atoms with van der Waals surface area (Å²) in [7, 11) is 0. The van der Waals surface area contributed by atoms with E-state index < -0.39 is 0 Å². The van der Waals surface area contributed by atoms with Crippen molar-refractivity contribution in [1.29, 1.82) is 0 Å². The first kappa shape index (κ1) is 15.0. The number of hydrogen-bond donors (Lipinski definition) is 1. The Bertz CT molecular complexity index is 630. The number of ether oxygens (including phenoxy) is 1. The van der Waals surface area contributed by atoms with Gasteiger partial charge in [0.05, 0.1) is 0 Å². The van der Waals surface area contributed by atoms with Crippen LogP contribution in [0.4, 0.5) is 0 Å². The summed E-state index contributed by atoms with van der Waals surface area (Å²) < 4.78 is 11.1. The minimum atomic E-state index is -0.148. The van der Waals surface area contributed by atoms with E-state index in [-0.39, 0.29) is 18.6 Å². The average Bonchev–Trinajstić information content (AvgIpc) is 3.18. The second kappa shape index (κ2) is 6.88. The monoisotopic (exact) mass is 319 g/mol. The molecule has 1 N–H and O–H groups in total. The lowest BCUT2D eigenvalue weighted by Gasteiger charge is -2.10. The molecule has 1 aromatic carbocycles. The molecule has 2 aromatic rings. The molecule has 1 heterocycles. The first-order valence-corrected chi connectivity index (χ1v) is 7.86. The van der Waals surface area contributed by atoms with Crippen LogP contribution in [0.5, 0.6) is 5.75 Å². The van der Waals surface area contributed by atoms with Gasteiger partial charge in [-0.1, -0.05) is 24.4 Å². The molecule has 1 fully saturated rings. The maximum Gasteiger partial charge on any atom is 0.287 e. The number of nitrogens with one attached hydrogen (secondary N) is 1. The molecule has 0 radical (unpaired) electrons. The van der Waals surface area contributed by atoms with Crippen molar-refractivity contribution in [1.82, 2.24) is 5.32 Å². The Kier molecular flexibility index (Phi) is 4.68. The molecule has 1 saturated carbocycles. The van der Waals surface area contributed by atoms with Gasteiger partial charge >= 0.3 is 0 Å². The van der Waals surface area contributed by atoms with E-state index in [1.54, 1.807) is 36.4 Å². The molecule has 0 unspecified atom stereocenters. The molecule has 0 saturated heterocycles. The summed E-state index contributed by atoms with van der Waals surface area (Å²) in [5.41, 5.74) is 0. The molecule has 22 heavy (non-hydrogen) atoms. The molecule has 4 nitrogen and oxygen atoms in total. The van der Waals surface area contributed by atoms with Crippen LogP contribution < -0.4 is 10.1 Å². The van der Waals surface area contributed by atoms with Crippen molar-refractivity contribution in [2.24, 2.45) is 0 Å². The van der Waals surface area contributed by atoms with Gasteiger partial charge in [-0.3, -0.25) is 4.79 Å². The number of carbonyl (C=O) groups excluding carboxylic acids is 1. The number of furan rings is 1. The molecule has 1 amide bonds. The summed E-state index contributed by atoms with van der Waals surface area (Å²) in [4.78, 5) is 12.1. The van der Waals surface area contributed by atoms with Crippen molar-refractivity contribution in [2.45, 2.75) is 38.3 Å². The largest absolute Gasteiger partial charge is 0.486 e. The smallest absolute Gasteiger partial charge is 0.287 e. The van der Waals surface area contributed by atoms with Crippen LogP contribution >= 0.6 is 11.6 Å². The van der Waals surface area contributed by atoms with E-state index in [4.69, 9.17) is 20.8 Å². The number of benzene rings is 1. The van der Waals surface area contributed by atoms with E-state index in [1.165, 1.54) is 12.8 Å². The van der Waals surface area contributed by atoms with E-state index in [2.05, 4.69) is 5.32 Å². The fourth-order valence-corrected chi connectivity index (χ4v) is 2.72. The van der Waals surface area contributed by atoms with Crippen LogP contribution in [0.1, 0.15) is 42.0 Å². The summed E-state index contributed by atoms with van der Waals surface area (Å²) in [6, 6.07) is 10.8. The zero-order valence-electron chi connectivity index (χ0n) is 12.2. The topological polar surface area (TPSA) is 51.5 Å². The lowest BCUT2D eigenvalue weighted by molar-refractivity contribution is 0.0905. The van der Waals surface area contributed by atoms with Crippen molar-refractivity contribution < 1.29 is 13.9 Å². The minimum absolute atomic E-state index is 0.148. The van der Waals surface area contributed by atoms with Crippen LogP contribution in [-0.2, 0) is 6.61 Å². The van der Waals surface area contributed by atoms with E-state index in [0.717, 1.165) is 12.8 Å². The highest BCUT2D eigenvalue weighted by Crippen LogP contribution is 2.20. The van der Waals surface area contributed by atoms with Crippen molar-refractivity contribution >= 4 is 17.5 Å². The Labute approximate surface area is 134 Å². The lowest BCUT2D eigenvalue weighted by Crippen LogP contribution is -2.32. The zero-order valence-corrected chi connectivity index (χ0v) is 12.9. The fraction of sp³-hybridized carbons (Fsp3) is 0.353. The van der Waals surface area contributed by atoms with Crippen molar-refractivity contribution in [3.63, 3.8) is 0 Å². The van der Waals surface area contributed by atoms with E-state index in [1.807, 2.05) is 0 Å². The highest BCUT2D eigenvalue weighted by Gasteiger charge is 2.19. The van der Waals surface area contributed by atoms with Crippen molar-refractivity contribution in [2.75, 3.05) is 0 Å². The summed E-state index contributed by atoms with van der Waals surface area (Å²) >= 11 is 5.82. The predicted molar refractivity (Wildman–Crippen MR) is 84.2 cm³/mol. The quantitative estimate of drug-likeness (QED) is 0.899. The maximum absolute atomic E-state index is 12.1. The molecule has 0 aliphatic heterocycles. The van der Waals surface area contributed by atoms with Crippen LogP contribution in [0.15, 0.2) is 40.8 Å². The molecule has 116 valence electrons. The third-order valence-corrected chi connectivity index (χ3v) is 4.02. The standard InChI is InChI=1S/C17H18ClNO3/c18-12-5-7-14(8-6-12)21-11-15-9-10-16(22-15)17(20)19-13-3-1-2-4-13/h5-10,13H,1-4,11H2,(H,19,20). The molecule has 0 bridgehead atoms. The van der Waals surface area contributed by atoms with Gasteiger partial charge in [0.2, 0.25) is 0 Å². The summed E-state index contributed by atoms with van der Waals surface area (Å²) in [6.45, 7) is 0.276. The Hall–Kier alpha value is -1.94. The zero-order chi connectivity index (χ0) is 15.4. The van der Waals surface area contributed by atoms with E-state index >= 15 is 0 Å². The number of rotatable bonds is 5. The van der Waals surface area contributed by atoms with Gasteiger partial charge in [-0.05, 0) is 49.2 Å².